The van der Waals surface area contributed by atoms with Gasteiger partial charge in [0.05, 0.1) is 10.7 Å². The molecule has 2 aromatic rings. The number of benzene rings is 2. The van der Waals surface area contributed by atoms with Crippen molar-refractivity contribution in [2.75, 3.05) is 6.54 Å². The van der Waals surface area contributed by atoms with E-state index in [0.717, 1.165) is 15.0 Å². The first kappa shape index (κ1) is 23.1. The maximum Gasteiger partial charge on any atom is 0.266 e. The lowest BCUT2D eigenvalue weighted by Crippen LogP contribution is -2.59. The van der Waals surface area contributed by atoms with Gasteiger partial charge in [-0.05, 0) is 68.7 Å². The van der Waals surface area contributed by atoms with Crippen LogP contribution < -0.4 is 0 Å². The summed E-state index contributed by atoms with van der Waals surface area (Å²) >= 11 is 1.49. The third-order valence-corrected chi connectivity index (χ3v) is 10.0. The van der Waals surface area contributed by atoms with Gasteiger partial charge < -0.3 is 4.43 Å². The maximum absolute atomic E-state index is 14.0. The van der Waals surface area contributed by atoms with Crippen LogP contribution in [-0.4, -0.2) is 38.2 Å². The molecule has 32 heavy (non-hydrogen) atoms. The van der Waals surface area contributed by atoms with E-state index in [2.05, 4.69) is 19.6 Å². The van der Waals surface area contributed by atoms with Crippen molar-refractivity contribution < 1.29 is 17.6 Å². The highest BCUT2D eigenvalue weighted by Crippen LogP contribution is 2.52. The van der Waals surface area contributed by atoms with Crippen LogP contribution in [0.1, 0.15) is 19.3 Å². The standard InChI is InChI=1S/C24H29NO4S2Si/c1-32(2,3)29-20-14-16-24(30-21-10-6-4-7-11-21)19(18-20)15-17-25(23(24)26)31(27,28)22-12-8-5-9-13-22/h4-14,19H,15-18H2,1-3H3/t19-,24-/m0/s1. The van der Waals surface area contributed by atoms with Crippen LogP contribution in [0.3, 0.4) is 0 Å². The van der Waals surface area contributed by atoms with Crippen molar-refractivity contribution in [1.29, 1.82) is 0 Å². The summed E-state index contributed by atoms with van der Waals surface area (Å²) < 4.78 is 33.3. The molecule has 2 aromatic carbocycles. The Hall–Kier alpha value is -2.03. The molecule has 8 heteroatoms. The quantitative estimate of drug-likeness (QED) is 0.519. The smallest absolute Gasteiger partial charge is 0.266 e. The third-order valence-electron chi connectivity index (χ3n) is 5.82. The van der Waals surface area contributed by atoms with Gasteiger partial charge in [-0.3, -0.25) is 4.79 Å². The lowest BCUT2D eigenvalue weighted by molar-refractivity contribution is -0.133. The number of sulfonamides is 1. The van der Waals surface area contributed by atoms with Crippen molar-refractivity contribution in [2.24, 2.45) is 5.92 Å². The minimum atomic E-state index is -3.91. The zero-order valence-electron chi connectivity index (χ0n) is 18.7. The lowest BCUT2D eigenvalue weighted by atomic mass is 9.76. The second-order valence-electron chi connectivity index (χ2n) is 9.28. The number of carbonyl (C=O) groups excluding carboxylic acids is 1. The minimum Gasteiger partial charge on any atom is -0.548 e. The number of nitrogens with zero attached hydrogens (tertiary/aromatic N) is 1. The van der Waals surface area contributed by atoms with E-state index < -0.39 is 23.1 Å². The van der Waals surface area contributed by atoms with E-state index in [1.165, 1.54) is 11.8 Å². The highest BCUT2D eigenvalue weighted by molar-refractivity contribution is 8.01. The first-order valence-corrected chi connectivity index (χ1v) is 16.5. The highest BCUT2D eigenvalue weighted by atomic mass is 32.2. The van der Waals surface area contributed by atoms with E-state index in [-0.39, 0.29) is 23.3 Å². The Balaban J connectivity index is 1.73. The summed E-state index contributed by atoms with van der Waals surface area (Å²) in [6.07, 6.45) is 3.75. The predicted molar refractivity (Wildman–Crippen MR) is 130 cm³/mol. The average Bonchev–Trinajstić information content (AvgIpc) is 2.75. The van der Waals surface area contributed by atoms with Gasteiger partial charge in [-0.15, -0.1) is 11.8 Å². The fraction of sp³-hybridized carbons (Fsp3) is 0.375. The van der Waals surface area contributed by atoms with E-state index in [9.17, 15) is 13.2 Å². The van der Waals surface area contributed by atoms with Crippen LogP contribution in [-0.2, 0) is 19.2 Å². The lowest BCUT2D eigenvalue weighted by Gasteiger charge is -2.48. The number of rotatable bonds is 6. The molecule has 4 rings (SSSR count). The van der Waals surface area contributed by atoms with Gasteiger partial charge in [0.2, 0.25) is 8.32 Å². The van der Waals surface area contributed by atoms with Gasteiger partial charge in [0, 0.05) is 17.9 Å². The first-order chi connectivity index (χ1) is 15.1. The number of hydrogen-bond donors (Lipinski definition) is 0. The van der Waals surface area contributed by atoms with Crippen molar-refractivity contribution in [3.63, 3.8) is 0 Å². The van der Waals surface area contributed by atoms with Crippen LogP contribution in [0.15, 0.2) is 82.3 Å². The molecule has 170 valence electrons. The molecule has 5 nitrogen and oxygen atoms in total. The topological polar surface area (TPSA) is 63.7 Å². The van der Waals surface area contributed by atoms with Crippen LogP contribution in [0.25, 0.3) is 0 Å². The fourth-order valence-corrected chi connectivity index (χ4v) is 8.34. The zero-order chi connectivity index (χ0) is 23.0. The largest absolute Gasteiger partial charge is 0.548 e. The molecule has 0 spiro atoms. The molecule has 1 fully saturated rings. The molecule has 0 aromatic heterocycles. The molecule has 1 amide bonds. The summed E-state index contributed by atoms with van der Waals surface area (Å²) in [5.41, 5.74) is 0. The van der Waals surface area contributed by atoms with Crippen LogP contribution in [0.4, 0.5) is 0 Å². The van der Waals surface area contributed by atoms with Gasteiger partial charge in [-0.1, -0.05) is 36.4 Å². The molecular weight excluding hydrogens is 458 g/mol. The molecule has 1 heterocycles. The van der Waals surface area contributed by atoms with Gasteiger partial charge in [0.25, 0.3) is 15.9 Å². The predicted octanol–water partition coefficient (Wildman–Crippen LogP) is 5.28. The van der Waals surface area contributed by atoms with Crippen LogP contribution in [0.2, 0.25) is 19.6 Å². The molecule has 0 radical (unpaired) electrons. The first-order valence-electron chi connectivity index (χ1n) is 10.9. The summed E-state index contributed by atoms with van der Waals surface area (Å²) in [7, 11) is -5.68. The number of piperidine rings is 1. The molecule has 1 aliphatic heterocycles. The van der Waals surface area contributed by atoms with E-state index >= 15 is 0 Å². The summed E-state index contributed by atoms with van der Waals surface area (Å²) in [4.78, 5) is 15.1. The Bertz CT molecular complexity index is 1110. The van der Waals surface area contributed by atoms with Gasteiger partial charge in [-0.2, -0.15) is 0 Å². The number of allylic oxidation sites excluding steroid dienone is 2. The Morgan fingerprint density at radius 1 is 1.03 bits per heavy atom. The highest BCUT2D eigenvalue weighted by Gasteiger charge is 2.55. The zero-order valence-corrected chi connectivity index (χ0v) is 21.3. The van der Waals surface area contributed by atoms with E-state index in [0.29, 0.717) is 19.3 Å². The maximum atomic E-state index is 14.0. The van der Waals surface area contributed by atoms with Crippen molar-refractivity contribution in [1.82, 2.24) is 4.31 Å². The number of amides is 1. The molecular formula is C24H29NO4S2Si. The molecule has 1 aliphatic carbocycles. The van der Waals surface area contributed by atoms with Gasteiger partial charge in [-0.25, -0.2) is 12.7 Å². The summed E-state index contributed by atoms with van der Waals surface area (Å²) in [5.74, 6) is 0.638. The number of thioether (sulfide) groups is 1. The van der Waals surface area contributed by atoms with Crippen molar-refractivity contribution in [3.8, 4) is 0 Å². The minimum absolute atomic E-state index is 0.0128. The van der Waals surface area contributed by atoms with Crippen LogP contribution >= 0.6 is 11.8 Å². The average molecular weight is 488 g/mol. The molecule has 2 aliphatic rings. The van der Waals surface area contributed by atoms with Crippen LogP contribution in [0, 0.1) is 5.92 Å². The number of hydrogen-bond acceptors (Lipinski definition) is 5. The van der Waals surface area contributed by atoms with Crippen molar-refractivity contribution >= 4 is 36.0 Å². The Kier molecular flexibility index (Phi) is 6.31. The second kappa shape index (κ2) is 8.72. The van der Waals surface area contributed by atoms with E-state index in [4.69, 9.17) is 4.43 Å². The molecule has 2 atom stereocenters. The second-order valence-corrected chi connectivity index (χ2v) is 17.0. The number of fused-ring (bicyclic) bond motifs is 1. The van der Waals surface area contributed by atoms with Crippen LogP contribution in [0.5, 0.6) is 0 Å². The van der Waals surface area contributed by atoms with Crippen molar-refractivity contribution in [3.05, 3.63) is 72.5 Å². The molecule has 1 saturated heterocycles. The van der Waals surface area contributed by atoms with Gasteiger partial charge in [0.15, 0.2) is 0 Å². The SMILES string of the molecule is C[Si](C)(C)OC1=CC[C@@]2(Sc3ccccc3)C(=O)N(S(=O)(=O)c3ccccc3)CC[C@H]2C1. The Labute approximate surface area is 196 Å². The van der Waals surface area contributed by atoms with Gasteiger partial charge >= 0.3 is 0 Å². The summed E-state index contributed by atoms with van der Waals surface area (Å²) in [6.45, 7) is 6.63. The van der Waals surface area contributed by atoms with E-state index in [1.807, 2.05) is 36.4 Å². The summed E-state index contributed by atoms with van der Waals surface area (Å²) in [5, 5.41) is 0. The monoisotopic (exact) mass is 487 g/mol. The Morgan fingerprint density at radius 3 is 2.28 bits per heavy atom. The Morgan fingerprint density at radius 2 is 1.66 bits per heavy atom. The number of carbonyl (C=O) groups is 1. The third kappa shape index (κ3) is 4.54. The fourth-order valence-electron chi connectivity index (χ4n) is 4.40. The molecule has 0 N–H and O–H groups in total. The summed E-state index contributed by atoms with van der Waals surface area (Å²) in [6, 6.07) is 18.0. The molecule has 0 bridgehead atoms. The van der Waals surface area contributed by atoms with Crippen molar-refractivity contribution in [2.45, 2.75) is 53.4 Å². The van der Waals surface area contributed by atoms with E-state index in [1.54, 1.807) is 30.3 Å². The molecule has 0 unspecified atom stereocenters. The molecule has 0 saturated carbocycles. The van der Waals surface area contributed by atoms with Gasteiger partial charge in [0.1, 0.15) is 4.75 Å². The normalized spacial score (nSPS) is 24.0.